The van der Waals surface area contributed by atoms with Gasteiger partial charge in [-0.15, -0.1) is 0 Å². The minimum absolute atomic E-state index is 0.0916. The third-order valence-electron chi connectivity index (χ3n) is 7.25. The van der Waals surface area contributed by atoms with Gasteiger partial charge in [-0.3, -0.25) is 0 Å². The lowest BCUT2D eigenvalue weighted by Gasteiger charge is -2.32. The predicted octanol–water partition coefficient (Wildman–Crippen LogP) is 5.09. The van der Waals surface area contributed by atoms with Crippen molar-refractivity contribution in [3.63, 3.8) is 0 Å². The second kappa shape index (κ2) is 9.74. The van der Waals surface area contributed by atoms with Gasteiger partial charge in [0.25, 0.3) is 0 Å². The first-order valence-corrected chi connectivity index (χ1v) is 12.4. The number of nitrogens with one attached hydrogen (secondary N) is 1. The molecule has 2 aliphatic rings. The summed E-state index contributed by atoms with van der Waals surface area (Å²) in [5.74, 6) is -1.36. The average Bonchev–Trinajstić information content (AvgIpc) is 3.11. The van der Waals surface area contributed by atoms with Crippen LogP contribution in [0.5, 0.6) is 0 Å². The summed E-state index contributed by atoms with van der Waals surface area (Å²) < 4.78 is 22.8. The maximum Gasteiger partial charge on any atom is 0.492 e. The molecule has 0 spiro atoms. The fraction of sp³-hybridized carbons (Fsp3) is 0.276. The van der Waals surface area contributed by atoms with Crippen LogP contribution in [0.4, 0.5) is 4.79 Å². The number of cyclic esters (lactones) is 2. The van der Waals surface area contributed by atoms with Crippen molar-refractivity contribution in [2.24, 2.45) is 0 Å². The molecule has 1 saturated heterocycles. The van der Waals surface area contributed by atoms with Crippen LogP contribution in [0.15, 0.2) is 66.1 Å². The van der Waals surface area contributed by atoms with Gasteiger partial charge in [0.05, 0.1) is 22.3 Å². The highest BCUT2D eigenvalue weighted by Gasteiger charge is 2.52. The minimum Gasteiger partial charge on any atom is -0.445 e. The SMILES string of the molecule is CC1(C)OB(C(=Cc2ccc3c4c(cccc24)C(=O)OC3=O)CNC(=O)OCc2ccccc2)OC1(C)C. The number of hydrogen-bond acceptors (Lipinski definition) is 7. The molecule has 1 N–H and O–H groups in total. The van der Waals surface area contributed by atoms with Gasteiger partial charge in [0, 0.05) is 11.9 Å². The number of esters is 2. The first-order chi connectivity index (χ1) is 18.1. The van der Waals surface area contributed by atoms with Crippen LogP contribution >= 0.6 is 0 Å². The van der Waals surface area contributed by atoms with E-state index in [-0.39, 0.29) is 13.2 Å². The zero-order valence-electron chi connectivity index (χ0n) is 21.7. The minimum atomic E-state index is -0.744. The molecule has 3 aromatic rings. The van der Waals surface area contributed by atoms with Crippen molar-refractivity contribution in [2.75, 3.05) is 6.54 Å². The van der Waals surface area contributed by atoms with Gasteiger partial charge in [0.1, 0.15) is 6.61 Å². The van der Waals surface area contributed by atoms with E-state index in [1.807, 2.05) is 70.2 Å². The van der Waals surface area contributed by atoms with Crippen LogP contribution in [0, 0.1) is 0 Å². The number of carbonyl (C=O) groups excluding carboxylic acids is 3. The second-order valence-corrected chi connectivity index (χ2v) is 10.3. The van der Waals surface area contributed by atoms with Gasteiger partial charge in [-0.1, -0.05) is 54.6 Å². The monoisotopic (exact) mass is 513 g/mol. The van der Waals surface area contributed by atoms with Crippen LogP contribution in [0.1, 0.15) is 59.5 Å². The normalized spacial score (nSPS) is 17.9. The number of amides is 1. The van der Waals surface area contributed by atoms with Crippen LogP contribution in [0.25, 0.3) is 16.8 Å². The summed E-state index contributed by atoms with van der Waals surface area (Å²) in [6.07, 6.45) is 1.27. The molecule has 0 bridgehead atoms. The lowest BCUT2D eigenvalue weighted by molar-refractivity contribution is 0.00578. The van der Waals surface area contributed by atoms with E-state index in [2.05, 4.69) is 5.32 Å². The highest BCUT2D eigenvalue weighted by molar-refractivity contribution is 6.56. The van der Waals surface area contributed by atoms with E-state index in [0.29, 0.717) is 27.4 Å². The Morgan fingerprint density at radius 3 is 2.24 bits per heavy atom. The van der Waals surface area contributed by atoms with Gasteiger partial charge < -0.3 is 24.1 Å². The Kier molecular flexibility index (Phi) is 6.59. The number of benzene rings is 3. The van der Waals surface area contributed by atoms with Crippen LogP contribution in [-0.2, 0) is 25.4 Å². The maximum atomic E-state index is 12.5. The van der Waals surface area contributed by atoms with Crippen molar-refractivity contribution in [3.05, 3.63) is 88.4 Å². The Hall–Kier alpha value is -3.95. The van der Waals surface area contributed by atoms with Gasteiger partial charge in [-0.2, -0.15) is 0 Å². The molecule has 38 heavy (non-hydrogen) atoms. The van der Waals surface area contributed by atoms with Crippen molar-refractivity contribution in [1.29, 1.82) is 0 Å². The van der Waals surface area contributed by atoms with Crippen LogP contribution in [0.3, 0.4) is 0 Å². The smallest absolute Gasteiger partial charge is 0.445 e. The molecule has 1 amide bonds. The van der Waals surface area contributed by atoms with Gasteiger partial charge in [-0.25, -0.2) is 14.4 Å². The van der Waals surface area contributed by atoms with E-state index in [9.17, 15) is 14.4 Å². The molecule has 0 aromatic heterocycles. The third-order valence-corrected chi connectivity index (χ3v) is 7.25. The zero-order chi connectivity index (χ0) is 27.1. The van der Waals surface area contributed by atoms with E-state index in [1.54, 1.807) is 24.3 Å². The van der Waals surface area contributed by atoms with E-state index < -0.39 is 36.4 Å². The molecule has 2 heterocycles. The fourth-order valence-electron chi connectivity index (χ4n) is 4.43. The Morgan fingerprint density at radius 2 is 1.55 bits per heavy atom. The highest BCUT2D eigenvalue weighted by atomic mass is 16.7. The second-order valence-electron chi connectivity index (χ2n) is 10.3. The molecule has 5 rings (SSSR count). The molecular weight excluding hydrogens is 485 g/mol. The average molecular weight is 513 g/mol. The first-order valence-electron chi connectivity index (χ1n) is 12.4. The summed E-state index contributed by atoms with van der Waals surface area (Å²) in [7, 11) is -0.744. The molecule has 194 valence electrons. The Bertz CT molecular complexity index is 1430. The van der Waals surface area contributed by atoms with Gasteiger partial charge in [-0.05, 0) is 61.8 Å². The lowest BCUT2D eigenvalue weighted by atomic mass is 9.76. The molecule has 0 aliphatic carbocycles. The van der Waals surface area contributed by atoms with Crippen molar-refractivity contribution >= 4 is 42.0 Å². The summed E-state index contributed by atoms with van der Waals surface area (Å²) in [5.41, 5.74) is 1.71. The first kappa shape index (κ1) is 25.7. The Morgan fingerprint density at radius 1 is 0.895 bits per heavy atom. The summed E-state index contributed by atoms with van der Waals surface area (Å²) in [4.78, 5) is 37.2. The largest absolute Gasteiger partial charge is 0.492 e. The standard InChI is InChI=1S/C29H28BNO7/c1-28(2)29(3,4)38-30(37-28)20(16-31-27(34)35-17-18-9-6-5-7-10-18)15-19-13-14-23-24-21(19)11-8-12-22(24)25(32)36-26(23)33/h5-15H,16-17H2,1-4H3,(H,31,34). The number of carbonyl (C=O) groups is 3. The molecule has 0 unspecified atom stereocenters. The molecule has 0 radical (unpaired) electrons. The van der Waals surface area contributed by atoms with E-state index in [1.165, 1.54) is 0 Å². The molecule has 0 atom stereocenters. The lowest BCUT2D eigenvalue weighted by Crippen LogP contribution is -2.41. The fourth-order valence-corrected chi connectivity index (χ4v) is 4.43. The van der Waals surface area contributed by atoms with Crippen molar-refractivity contribution in [2.45, 2.75) is 45.5 Å². The van der Waals surface area contributed by atoms with Crippen LogP contribution in [0.2, 0.25) is 0 Å². The molecule has 8 nitrogen and oxygen atoms in total. The van der Waals surface area contributed by atoms with Crippen LogP contribution < -0.4 is 5.32 Å². The van der Waals surface area contributed by atoms with Gasteiger partial charge in [0.2, 0.25) is 0 Å². The molecule has 2 aliphatic heterocycles. The molecule has 3 aromatic carbocycles. The topological polar surface area (TPSA) is 100 Å². The van der Waals surface area contributed by atoms with Crippen LogP contribution in [-0.4, -0.2) is 42.9 Å². The summed E-state index contributed by atoms with van der Waals surface area (Å²) in [6.45, 7) is 8.03. The highest BCUT2D eigenvalue weighted by Crippen LogP contribution is 2.39. The number of ether oxygens (including phenoxy) is 2. The molecule has 9 heteroatoms. The summed E-state index contributed by atoms with van der Waals surface area (Å²) in [5, 5.41) is 4.03. The van der Waals surface area contributed by atoms with Crippen molar-refractivity contribution < 1.29 is 33.2 Å². The van der Waals surface area contributed by atoms with Gasteiger partial charge in [0.15, 0.2) is 0 Å². The number of alkyl carbamates (subject to hydrolysis) is 1. The number of rotatable bonds is 6. The van der Waals surface area contributed by atoms with E-state index in [4.69, 9.17) is 18.8 Å². The molecular formula is C29H28BNO7. The quantitative estimate of drug-likeness (QED) is 0.278. The van der Waals surface area contributed by atoms with E-state index in [0.717, 1.165) is 11.1 Å². The van der Waals surface area contributed by atoms with Crippen molar-refractivity contribution in [1.82, 2.24) is 5.32 Å². The Balaban J connectivity index is 1.47. The summed E-state index contributed by atoms with van der Waals surface area (Å²) >= 11 is 0. The molecule has 1 fully saturated rings. The van der Waals surface area contributed by atoms with Crippen molar-refractivity contribution in [3.8, 4) is 0 Å². The molecule has 0 saturated carbocycles. The predicted molar refractivity (Wildman–Crippen MR) is 142 cm³/mol. The maximum absolute atomic E-state index is 12.5. The third kappa shape index (κ3) is 4.82. The van der Waals surface area contributed by atoms with E-state index >= 15 is 0 Å². The Labute approximate surface area is 221 Å². The summed E-state index contributed by atoms with van der Waals surface area (Å²) in [6, 6.07) is 18.0. The van der Waals surface area contributed by atoms with Gasteiger partial charge >= 0.3 is 25.2 Å². The zero-order valence-corrected chi connectivity index (χ0v) is 21.7. The number of hydrogen-bond donors (Lipinski definition) is 1.